The predicted molar refractivity (Wildman–Crippen MR) is 88.1 cm³/mol. The van der Waals surface area contributed by atoms with Crippen LogP contribution in [0.5, 0.6) is 0 Å². The lowest BCUT2D eigenvalue weighted by molar-refractivity contribution is -0.129. The molecule has 5 nitrogen and oxygen atoms in total. The number of hydrogen-bond donors (Lipinski definition) is 3. The zero-order valence-corrected chi connectivity index (χ0v) is 13.8. The molecule has 3 rings (SSSR count). The van der Waals surface area contributed by atoms with Gasteiger partial charge in [-0.15, -0.1) is 0 Å². The van der Waals surface area contributed by atoms with Crippen LogP contribution in [-0.4, -0.2) is 24.4 Å². The van der Waals surface area contributed by atoms with E-state index in [-0.39, 0.29) is 30.3 Å². The summed E-state index contributed by atoms with van der Waals surface area (Å²) in [5.41, 5.74) is 6.85. The summed E-state index contributed by atoms with van der Waals surface area (Å²) in [6.07, 6.45) is 3.28. The maximum Gasteiger partial charge on any atom is 0.243 e. The molecule has 2 saturated carbocycles. The molecule has 2 aliphatic carbocycles. The van der Waals surface area contributed by atoms with E-state index >= 15 is 0 Å². The molecule has 2 fully saturated rings. The fourth-order valence-electron chi connectivity index (χ4n) is 3.75. The second kappa shape index (κ2) is 6.38. The van der Waals surface area contributed by atoms with Gasteiger partial charge >= 0.3 is 0 Å². The number of carbonyl (C=O) groups is 2. The van der Waals surface area contributed by atoms with E-state index in [1.54, 1.807) is 12.1 Å². The van der Waals surface area contributed by atoms with E-state index in [9.17, 15) is 9.59 Å². The average Bonchev–Trinajstić information content (AvgIpc) is 3.08. The van der Waals surface area contributed by atoms with Gasteiger partial charge in [0.2, 0.25) is 11.8 Å². The summed E-state index contributed by atoms with van der Waals surface area (Å²) >= 11 is 3.34. The molecule has 118 valence electrons. The summed E-state index contributed by atoms with van der Waals surface area (Å²) in [4.78, 5) is 24.2. The molecule has 6 heteroatoms. The number of benzene rings is 1. The van der Waals surface area contributed by atoms with Crippen molar-refractivity contribution < 1.29 is 9.59 Å². The zero-order valence-electron chi connectivity index (χ0n) is 12.2. The fraction of sp³-hybridized carbons (Fsp3) is 0.500. The third-order valence-electron chi connectivity index (χ3n) is 4.83. The number of anilines is 1. The number of rotatable bonds is 4. The number of hydrogen-bond acceptors (Lipinski definition) is 3. The Hall–Kier alpha value is -1.40. The van der Waals surface area contributed by atoms with Gasteiger partial charge in [-0.2, -0.15) is 0 Å². The van der Waals surface area contributed by atoms with E-state index in [1.165, 1.54) is 0 Å². The van der Waals surface area contributed by atoms with Crippen molar-refractivity contribution in [3.05, 3.63) is 28.7 Å². The number of halogens is 1. The van der Waals surface area contributed by atoms with Gasteiger partial charge in [-0.25, -0.2) is 0 Å². The molecule has 4 atom stereocenters. The molecule has 2 bridgehead atoms. The first-order valence-electron chi connectivity index (χ1n) is 7.63. The Morgan fingerprint density at radius 1 is 1.18 bits per heavy atom. The fourth-order valence-corrected chi connectivity index (χ4v) is 4.01. The summed E-state index contributed by atoms with van der Waals surface area (Å²) in [5.74, 6) is 0.448. The third kappa shape index (κ3) is 3.17. The highest BCUT2D eigenvalue weighted by molar-refractivity contribution is 9.10. The van der Waals surface area contributed by atoms with Gasteiger partial charge < -0.3 is 16.4 Å². The lowest BCUT2D eigenvalue weighted by atomic mass is 9.84. The number of fused-ring (bicyclic) bond motifs is 2. The van der Waals surface area contributed by atoms with Gasteiger partial charge in [0.1, 0.15) is 0 Å². The van der Waals surface area contributed by atoms with Gasteiger partial charge in [0, 0.05) is 16.2 Å². The van der Waals surface area contributed by atoms with Crippen LogP contribution in [0.3, 0.4) is 0 Å². The van der Waals surface area contributed by atoms with E-state index in [2.05, 4.69) is 26.6 Å². The van der Waals surface area contributed by atoms with Gasteiger partial charge in [-0.3, -0.25) is 9.59 Å². The minimum Gasteiger partial charge on any atom is -0.347 e. The van der Waals surface area contributed by atoms with Crippen LogP contribution in [0.1, 0.15) is 19.3 Å². The van der Waals surface area contributed by atoms with Gasteiger partial charge in [-0.05, 0) is 55.4 Å². The van der Waals surface area contributed by atoms with Crippen LogP contribution in [-0.2, 0) is 9.59 Å². The Labute approximate surface area is 138 Å². The number of amides is 2. The van der Waals surface area contributed by atoms with Crippen LogP contribution in [0.2, 0.25) is 0 Å². The average molecular weight is 366 g/mol. The Bertz CT molecular complexity index is 573. The highest BCUT2D eigenvalue weighted by Crippen LogP contribution is 2.47. The van der Waals surface area contributed by atoms with Gasteiger partial charge in [0.15, 0.2) is 0 Å². The lowest BCUT2D eigenvalue weighted by Crippen LogP contribution is -2.46. The van der Waals surface area contributed by atoms with Crippen molar-refractivity contribution in [2.75, 3.05) is 11.9 Å². The second-order valence-corrected chi connectivity index (χ2v) is 7.12. The second-order valence-electron chi connectivity index (χ2n) is 6.21. The zero-order chi connectivity index (χ0) is 15.7. The molecule has 0 radical (unpaired) electrons. The van der Waals surface area contributed by atoms with E-state index in [4.69, 9.17) is 5.73 Å². The molecule has 4 unspecified atom stereocenters. The van der Waals surface area contributed by atoms with Crippen LogP contribution < -0.4 is 16.4 Å². The maximum atomic E-state index is 12.3. The van der Waals surface area contributed by atoms with Crippen molar-refractivity contribution in [3.63, 3.8) is 0 Å². The number of nitrogens with two attached hydrogens (primary N) is 1. The smallest absolute Gasteiger partial charge is 0.243 e. The standard InChI is InChI=1S/C16H20BrN3O2/c17-11-3-5-12(6-4-11)20-13(21)8-19-16(22)14-9-1-2-10(7-9)15(14)18/h3-6,9-10,14-15H,1-2,7-8,18H2,(H,19,22)(H,20,21). The van der Waals surface area contributed by atoms with Crippen LogP contribution >= 0.6 is 15.9 Å². The Balaban J connectivity index is 1.48. The Morgan fingerprint density at radius 2 is 1.86 bits per heavy atom. The maximum absolute atomic E-state index is 12.3. The number of nitrogens with one attached hydrogen (secondary N) is 2. The number of carbonyl (C=O) groups excluding carboxylic acids is 2. The van der Waals surface area contributed by atoms with Gasteiger partial charge in [0.05, 0.1) is 12.5 Å². The molecule has 1 aromatic rings. The van der Waals surface area contributed by atoms with Crippen molar-refractivity contribution in [2.45, 2.75) is 25.3 Å². The molecular formula is C16H20BrN3O2. The molecule has 0 heterocycles. The highest BCUT2D eigenvalue weighted by atomic mass is 79.9. The molecule has 0 aromatic heterocycles. The summed E-state index contributed by atoms with van der Waals surface area (Å²) in [6.45, 7) is -0.0183. The lowest BCUT2D eigenvalue weighted by Gasteiger charge is -2.26. The van der Waals surface area contributed by atoms with Crippen molar-refractivity contribution in [3.8, 4) is 0 Å². The first-order chi connectivity index (χ1) is 10.5. The molecule has 4 N–H and O–H groups in total. The first-order valence-corrected chi connectivity index (χ1v) is 8.42. The summed E-state index contributed by atoms with van der Waals surface area (Å²) in [5, 5.41) is 5.49. The molecule has 0 saturated heterocycles. The van der Waals surface area contributed by atoms with E-state index in [1.807, 2.05) is 12.1 Å². The van der Waals surface area contributed by atoms with Crippen LogP contribution in [0.15, 0.2) is 28.7 Å². The Kier molecular flexibility index (Phi) is 4.49. The Morgan fingerprint density at radius 3 is 2.50 bits per heavy atom. The molecule has 2 amide bonds. The topological polar surface area (TPSA) is 84.2 Å². The summed E-state index contributed by atoms with van der Waals surface area (Å²) < 4.78 is 0.948. The highest BCUT2D eigenvalue weighted by Gasteiger charge is 2.48. The van der Waals surface area contributed by atoms with Crippen LogP contribution in [0, 0.1) is 17.8 Å². The van der Waals surface area contributed by atoms with Crippen molar-refractivity contribution >= 4 is 33.4 Å². The minimum atomic E-state index is -0.229. The normalized spacial score (nSPS) is 29.4. The van der Waals surface area contributed by atoms with Crippen molar-refractivity contribution in [1.82, 2.24) is 5.32 Å². The SMILES string of the molecule is NC1C2CCC(C2)C1C(=O)NCC(=O)Nc1ccc(Br)cc1. The monoisotopic (exact) mass is 365 g/mol. The van der Waals surface area contributed by atoms with Crippen molar-refractivity contribution in [1.29, 1.82) is 0 Å². The molecule has 0 aliphatic heterocycles. The summed E-state index contributed by atoms with van der Waals surface area (Å²) in [6, 6.07) is 7.25. The van der Waals surface area contributed by atoms with Crippen LogP contribution in [0.4, 0.5) is 5.69 Å². The molecular weight excluding hydrogens is 346 g/mol. The van der Waals surface area contributed by atoms with Gasteiger partial charge in [0.25, 0.3) is 0 Å². The van der Waals surface area contributed by atoms with E-state index in [0.29, 0.717) is 17.5 Å². The predicted octanol–water partition coefficient (Wildman–Crippen LogP) is 1.88. The third-order valence-corrected chi connectivity index (χ3v) is 5.36. The van der Waals surface area contributed by atoms with E-state index < -0.39 is 0 Å². The van der Waals surface area contributed by atoms with Crippen LogP contribution in [0.25, 0.3) is 0 Å². The van der Waals surface area contributed by atoms with Crippen molar-refractivity contribution in [2.24, 2.45) is 23.5 Å². The summed E-state index contributed by atoms with van der Waals surface area (Å²) in [7, 11) is 0. The molecule has 22 heavy (non-hydrogen) atoms. The van der Waals surface area contributed by atoms with Gasteiger partial charge in [-0.1, -0.05) is 15.9 Å². The quantitative estimate of drug-likeness (QED) is 0.761. The molecule has 0 spiro atoms. The molecule has 1 aromatic carbocycles. The first kappa shape index (κ1) is 15.5. The molecule has 2 aliphatic rings. The largest absolute Gasteiger partial charge is 0.347 e. The minimum absolute atomic E-state index is 0.0183. The van der Waals surface area contributed by atoms with E-state index in [0.717, 1.165) is 23.7 Å².